The van der Waals surface area contributed by atoms with Gasteiger partial charge in [-0.05, 0) is 42.4 Å². The summed E-state index contributed by atoms with van der Waals surface area (Å²) in [5.41, 5.74) is 4.52. The largest absolute Gasteiger partial charge is 0.445 e. The summed E-state index contributed by atoms with van der Waals surface area (Å²) in [5.74, 6) is -0.290. The molecule has 1 saturated carbocycles. The molecule has 9 nitrogen and oxygen atoms in total. The molecule has 2 atom stereocenters. The normalized spacial score (nSPS) is 14.1. The maximum atomic E-state index is 14.2. The lowest BCUT2D eigenvalue weighted by atomic mass is 9.77. The Morgan fingerprint density at radius 1 is 0.932 bits per heavy atom. The molecule has 1 aromatic heterocycles. The summed E-state index contributed by atoms with van der Waals surface area (Å²) in [5, 5.41) is 5.96. The van der Waals surface area contributed by atoms with Crippen molar-refractivity contribution in [2.75, 3.05) is 6.54 Å². The number of carbonyl (C=O) groups is 3. The van der Waals surface area contributed by atoms with E-state index in [2.05, 4.69) is 20.6 Å². The Labute approximate surface area is 258 Å². The Bertz CT molecular complexity index is 1490. The fourth-order valence-electron chi connectivity index (χ4n) is 5.37. The number of benzene rings is 3. The van der Waals surface area contributed by atoms with Crippen LogP contribution in [0.4, 0.5) is 4.79 Å². The van der Waals surface area contributed by atoms with Gasteiger partial charge in [-0.1, -0.05) is 96.9 Å². The molecular formula is C35H39N5O4. The molecule has 0 saturated heterocycles. The number of aromatic amines is 1. The number of aryl methyl sites for hydroxylation is 1. The van der Waals surface area contributed by atoms with Gasteiger partial charge in [0, 0.05) is 24.9 Å². The maximum absolute atomic E-state index is 14.2. The van der Waals surface area contributed by atoms with Crippen LogP contribution in [0.2, 0.25) is 0 Å². The number of ether oxygens (including phenoxy) is 1. The van der Waals surface area contributed by atoms with Gasteiger partial charge in [-0.3, -0.25) is 9.59 Å². The SMILES string of the molecule is Cc1ccc(CN(CC(=O)NC(c2ccccc2)C2CCC2)C(=O)C(Cc2cnc[nH]2)NC(=O)OCc2ccccc2)cc1. The monoisotopic (exact) mass is 593 g/mol. The van der Waals surface area contributed by atoms with Gasteiger partial charge in [0.1, 0.15) is 12.6 Å². The number of imidazole rings is 1. The Balaban J connectivity index is 1.34. The Hall–Kier alpha value is -4.92. The molecule has 1 aliphatic carbocycles. The summed E-state index contributed by atoms with van der Waals surface area (Å²) in [6, 6.07) is 26.0. The van der Waals surface area contributed by atoms with Crippen molar-refractivity contribution in [3.05, 3.63) is 125 Å². The molecule has 5 rings (SSSR count). The maximum Gasteiger partial charge on any atom is 0.408 e. The number of alkyl carbamates (subject to hydrolysis) is 1. The molecule has 4 aromatic rings. The molecule has 2 unspecified atom stereocenters. The Morgan fingerprint density at radius 2 is 1.64 bits per heavy atom. The van der Waals surface area contributed by atoms with Crippen molar-refractivity contribution in [2.45, 2.75) is 57.8 Å². The van der Waals surface area contributed by atoms with Crippen LogP contribution in [0.25, 0.3) is 0 Å². The summed E-state index contributed by atoms with van der Waals surface area (Å²) >= 11 is 0. The summed E-state index contributed by atoms with van der Waals surface area (Å²) in [7, 11) is 0. The Kier molecular flexibility index (Phi) is 10.4. The van der Waals surface area contributed by atoms with Crippen LogP contribution in [0.3, 0.4) is 0 Å². The summed E-state index contributed by atoms with van der Waals surface area (Å²) in [4.78, 5) is 49.3. The first-order valence-electron chi connectivity index (χ1n) is 15.1. The summed E-state index contributed by atoms with van der Waals surface area (Å²) < 4.78 is 5.44. The van der Waals surface area contributed by atoms with Gasteiger partial charge in [0.2, 0.25) is 11.8 Å². The lowest BCUT2D eigenvalue weighted by Gasteiger charge is -2.35. The molecule has 0 bridgehead atoms. The smallest absolute Gasteiger partial charge is 0.408 e. The van der Waals surface area contributed by atoms with E-state index >= 15 is 0 Å². The van der Waals surface area contributed by atoms with Gasteiger partial charge in [0.05, 0.1) is 18.9 Å². The number of carbonyl (C=O) groups excluding carboxylic acids is 3. The van der Waals surface area contributed by atoms with Crippen molar-refractivity contribution >= 4 is 17.9 Å². The first-order valence-corrected chi connectivity index (χ1v) is 15.1. The quantitative estimate of drug-likeness (QED) is 0.196. The highest BCUT2D eigenvalue weighted by Crippen LogP contribution is 2.37. The van der Waals surface area contributed by atoms with Crippen LogP contribution in [-0.4, -0.2) is 45.4 Å². The van der Waals surface area contributed by atoms with E-state index in [9.17, 15) is 14.4 Å². The number of amides is 3. The molecular weight excluding hydrogens is 554 g/mol. The van der Waals surface area contributed by atoms with E-state index < -0.39 is 18.0 Å². The zero-order chi connectivity index (χ0) is 30.7. The van der Waals surface area contributed by atoms with Crippen LogP contribution in [0.15, 0.2) is 97.5 Å². The van der Waals surface area contributed by atoms with Gasteiger partial charge in [0.15, 0.2) is 0 Å². The summed E-state index contributed by atoms with van der Waals surface area (Å²) in [6.07, 6.45) is 5.80. The summed E-state index contributed by atoms with van der Waals surface area (Å²) in [6.45, 7) is 2.10. The number of nitrogens with one attached hydrogen (secondary N) is 3. The van der Waals surface area contributed by atoms with Crippen LogP contribution >= 0.6 is 0 Å². The fourth-order valence-corrected chi connectivity index (χ4v) is 5.37. The van der Waals surface area contributed by atoms with Crippen LogP contribution in [0.5, 0.6) is 0 Å². The number of rotatable bonds is 13. The minimum absolute atomic E-state index is 0.0647. The highest BCUT2D eigenvalue weighted by Gasteiger charge is 2.32. The molecule has 0 radical (unpaired) electrons. The molecule has 0 spiro atoms. The standard InChI is InChI=1S/C35H39N5O4/c1-25-15-17-26(18-16-25)21-40(22-32(41)39-33(29-13-8-14-29)28-11-6-3-7-12-28)34(42)31(19-30-20-36-24-37-30)38-35(43)44-23-27-9-4-2-5-10-27/h2-7,9-12,15-18,20,24,29,31,33H,8,13-14,19,21-23H2,1H3,(H,36,37)(H,38,43)(H,39,41). The second kappa shape index (κ2) is 15.0. The van der Waals surface area contributed by atoms with Crippen molar-refractivity contribution < 1.29 is 19.1 Å². The van der Waals surface area contributed by atoms with E-state index in [0.717, 1.165) is 41.5 Å². The molecule has 1 aliphatic rings. The second-order valence-electron chi connectivity index (χ2n) is 11.4. The number of hydrogen-bond acceptors (Lipinski definition) is 5. The predicted octanol–water partition coefficient (Wildman–Crippen LogP) is 5.24. The number of H-pyrrole nitrogens is 1. The lowest BCUT2D eigenvalue weighted by molar-refractivity contribution is -0.138. The Morgan fingerprint density at radius 3 is 2.27 bits per heavy atom. The fraction of sp³-hybridized carbons (Fsp3) is 0.314. The van der Waals surface area contributed by atoms with Gasteiger partial charge in [-0.25, -0.2) is 9.78 Å². The van der Waals surface area contributed by atoms with E-state index in [1.165, 1.54) is 11.2 Å². The zero-order valence-corrected chi connectivity index (χ0v) is 24.9. The van der Waals surface area contributed by atoms with Crippen molar-refractivity contribution in [1.29, 1.82) is 0 Å². The highest BCUT2D eigenvalue weighted by atomic mass is 16.5. The highest BCUT2D eigenvalue weighted by molar-refractivity contribution is 5.90. The third-order valence-electron chi connectivity index (χ3n) is 8.02. The van der Waals surface area contributed by atoms with Crippen molar-refractivity contribution in [1.82, 2.24) is 25.5 Å². The van der Waals surface area contributed by atoms with Crippen molar-refractivity contribution in [3.63, 3.8) is 0 Å². The van der Waals surface area contributed by atoms with E-state index in [1.807, 2.05) is 91.9 Å². The molecule has 9 heteroatoms. The first-order chi connectivity index (χ1) is 21.4. The van der Waals surface area contributed by atoms with Crippen molar-refractivity contribution in [3.8, 4) is 0 Å². The molecule has 0 aliphatic heterocycles. The van der Waals surface area contributed by atoms with Crippen LogP contribution in [-0.2, 0) is 33.9 Å². The van der Waals surface area contributed by atoms with E-state index in [0.29, 0.717) is 11.6 Å². The number of hydrogen-bond donors (Lipinski definition) is 3. The zero-order valence-electron chi connectivity index (χ0n) is 24.9. The lowest BCUT2D eigenvalue weighted by Crippen LogP contribution is -2.52. The molecule has 44 heavy (non-hydrogen) atoms. The van der Waals surface area contributed by atoms with Crippen LogP contribution in [0, 0.1) is 12.8 Å². The molecule has 228 valence electrons. The third-order valence-corrected chi connectivity index (χ3v) is 8.02. The second-order valence-corrected chi connectivity index (χ2v) is 11.4. The average molecular weight is 594 g/mol. The minimum Gasteiger partial charge on any atom is -0.445 e. The van der Waals surface area contributed by atoms with Gasteiger partial charge in [-0.2, -0.15) is 0 Å². The molecule has 3 amide bonds. The van der Waals surface area contributed by atoms with Crippen molar-refractivity contribution in [2.24, 2.45) is 5.92 Å². The predicted molar refractivity (Wildman–Crippen MR) is 167 cm³/mol. The molecule has 3 N–H and O–H groups in total. The van der Waals surface area contributed by atoms with Crippen LogP contribution in [0.1, 0.15) is 53.3 Å². The number of aromatic nitrogens is 2. The minimum atomic E-state index is -0.992. The van der Waals surface area contributed by atoms with Gasteiger partial charge in [-0.15, -0.1) is 0 Å². The third kappa shape index (κ3) is 8.56. The van der Waals surface area contributed by atoms with E-state index in [-0.39, 0.29) is 38.1 Å². The molecule has 3 aromatic carbocycles. The molecule has 1 fully saturated rings. The number of nitrogens with zero attached hydrogens (tertiary/aromatic N) is 2. The van der Waals surface area contributed by atoms with E-state index in [4.69, 9.17) is 4.74 Å². The van der Waals surface area contributed by atoms with Gasteiger partial charge >= 0.3 is 6.09 Å². The van der Waals surface area contributed by atoms with Gasteiger partial charge < -0.3 is 25.3 Å². The van der Waals surface area contributed by atoms with E-state index in [1.54, 1.807) is 6.20 Å². The molecule has 1 heterocycles. The topological polar surface area (TPSA) is 116 Å². The average Bonchev–Trinajstić information content (AvgIpc) is 3.53. The first kappa shape index (κ1) is 30.5. The van der Waals surface area contributed by atoms with Crippen LogP contribution < -0.4 is 10.6 Å². The van der Waals surface area contributed by atoms with Gasteiger partial charge in [0.25, 0.3) is 0 Å².